The summed E-state index contributed by atoms with van der Waals surface area (Å²) in [7, 11) is 0.804. The van der Waals surface area contributed by atoms with Gasteiger partial charge in [-0.1, -0.05) is 17.7 Å². The van der Waals surface area contributed by atoms with Crippen molar-refractivity contribution in [3.63, 3.8) is 0 Å². The summed E-state index contributed by atoms with van der Waals surface area (Å²) in [6.45, 7) is 0. The van der Waals surface area contributed by atoms with Gasteiger partial charge in [-0.05, 0) is 48.2 Å². The van der Waals surface area contributed by atoms with Gasteiger partial charge in [-0.25, -0.2) is 0 Å². The second-order valence-corrected chi connectivity index (χ2v) is 7.76. The van der Waals surface area contributed by atoms with Crippen LogP contribution in [-0.4, -0.2) is 29.6 Å². The molecule has 0 amide bonds. The molecule has 23 heavy (non-hydrogen) atoms. The van der Waals surface area contributed by atoms with Crippen LogP contribution >= 0.6 is 23.4 Å². The molecule has 0 saturated carbocycles. The Morgan fingerprint density at radius 1 is 1.30 bits per heavy atom. The van der Waals surface area contributed by atoms with Crippen molar-refractivity contribution >= 4 is 45.7 Å². The molecule has 2 rings (SSSR count). The molecule has 3 nitrogen and oxygen atoms in total. The lowest BCUT2D eigenvalue weighted by molar-refractivity contribution is 0.687. The van der Waals surface area contributed by atoms with Gasteiger partial charge in [-0.3, -0.25) is 9.62 Å². The molecule has 0 spiro atoms. The van der Waals surface area contributed by atoms with E-state index in [1.165, 1.54) is 0 Å². The van der Waals surface area contributed by atoms with E-state index in [4.69, 9.17) is 17.0 Å². The molecule has 0 fully saturated rings. The van der Waals surface area contributed by atoms with E-state index in [-0.39, 0.29) is 0 Å². The molecule has 122 valence electrons. The largest absolute Gasteiger partial charge is 0.333 e. The summed E-state index contributed by atoms with van der Waals surface area (Å²) in [5, 5.41) is 9.03. The van der Waals surface area contributed by atoms with Gasteiger partial charge in [0.1, 0.15) is 5.84 Å². The summed E-state index contributed by atoms with van der Waals surface area (Å²) in [5.74, 6) is 0.434. The molecule has 1 N–H and O–H groups in total. The molecular weight excluding hydrogens is 348 g/mol. The maximum Gasteiger partial charge on any atom is 0.105 e. The Morgan fingerprint density at radius 3 is 2.70 bits per heavy atom. The van der Waals surface area contributed by atoms with Crippen molar-refractivity contribution in [2.45, 2.75) is 16.2 Å². The Morgan fingerprint density at radius 2 is 2.04 bits per heavy atom. The predicted molar refractivity (Wildman–Crippen MR) is 102 cm³/mol. The van der Waals surface area contributed by atoms with Crippen molar-refractivity contribution in [2.75, 3.05) is 24.5 Å². The number of thioether (sulfide) groups is 1. The van der Waals surface area contributed by atoms with Gasteiger partial charge < -0.3 is 4.90 Å². The summed E-state index contributed by atoms with van der Waals surface area (Å²) in [4.78, 5) is 3.67. The Hall–Kier alpha value is -1.30. The second kappa shape index (κ2) is 7.99. The molecule has 1 atom stereocenters. The lowest BCUT2D eigenvalue weighted by atomic mass is 10.1. The fraction of sp³-hybridized carbons (Fsp3) is 0.235. The molecule has 0 saturated heterocycles. The first kappa shape index (κ1) is 18.0. The van der Waals surface area contributed by atoms with Gasteiger partial charge in [-0.15, -0.1) is 11.8 Å². The third-order valence-corrected chi connectivity index (χ3v) is 5.56. The minimum atomic E-state index is -1.04. The van der Waals surface area contributed by atoms with Gasteiger partial charge in [0.2, 0.25) is 0 Å². The molecule has 0 unspecified atom stereocenters. The number of hydrogen-bond donors (Lipinski definition) is 1. The summed E-state index contributed by atoms with van der Waals surface area (Å²) in [6, 6.07) is 13.3. The number of rotatable bonds is 5. The number of nitrogens with zero attached hydrogens (tertiary/aromatic N) is 1. The van der Waals surface area contributed by atoms with Crippen molar-refractivity contribution in [3.05, 3.63) is 53.1 Å². The van der Waals surface area contributed by atoms with Crippen LogP contribution in [-0.2, 0) is 17.2 Å². The standard InChI is InChI=1S/C17H19ClN2OS2/c1-20(13-5-4-6-15(11-13)23(3)21)17(19)10-12-9-14(22-2)7-8-16(12)18/h4-9,11,19H,10H2,1-3H3/t23-/m1/s1. The topological polar surface area (TPSA) is 44.2 Å². The summed E-state index contributed by atoms with van der Waals surface area (Å²) in [6.07, 6.45) is 4.11. The van der Waals surface area contributed by atoms with Crippen molar-refractivity contribution in [1.82, 2.24) is 0 Å². The van der Waals surface area contributed by atoms with Crippen LogP contribution in [0.3, 0.4) is 0 Å². The van der Waals surface area contributed by atoms with Crippen LogP contribution in [0.1, 0.15) is 5.56 Å². The zero-order valence-electron chi connectivity index (χ0n) is 13.3. The summed E-state index contributed by atoms with van der Waals surface area (Å²) >= 11 is 7.90. The van der Waals surface area contributed by atoms with Crippen LogP contribution in [0, 0.1) is 5.41 Å². The molecule has 0 aromatic heterocycles. The average molecular weight is 367 g/mol. The number of likely N-dealkylation sites (N-methyl/N-ethyl adjacent to an activating group) is 1. The van der Waals surface area contributed by atoms with Crippen LogP contribution in [0.4, 0.5) is 5.69 Å². The monoisotopic (exact) mass is 366 g/mol. The van der Waals surface area contributed by atoms with E-state index in [2.05, 4.69) is 0 Å². The van der Waals surface area contributed by atoms with Crippen molar-refractivity contribution in [1.29, 1.82) is 5.41 Å². The van der Waals surface area contributed by atoms with Crippen molar-refractivity contribution < 1.29 is 4.21 Å². The van der Waals surface area contributed by atoms with Crippen LogP contribution in [0.15, 0.2) is 52.3 Å². The Kier molecular flexibility index (Phi) is 6.27. The zero-order chi connectivity index (χ0) is 17.0. The first-order valence-corrected chi connectivity index (χ1v) is 10.2. The Bertz CT molecular complexity index is 749. The molecule has 2 aromatic rings. The average Bonchev–Trinajstić information content (AvgIpc) is 2.56. The number of halogens is 1. The molecule has 0 aliphatic heterocycles. The SMILES string of the molecule is CSc1ccc(Cl)c(CC(=N)N(C)c2cccc([S@@](C)=O)c2)c1. The van der Waals surface area contributed by atoms with Gasteiger partial charge >= 0.3 is 0 Å². The molecule has 6 heteroatoms. The number of nitrogens with one attached hydrogen (secondary N) is 1. The molecule has 0 aliphatic rings. The minimum Gasteiger partial charge on any atom is -0.333 e. The highest BCUT2D eigenvalue weighted by atomic mass is 35.5. The minimum absolute atomic E-state index is 0.434. The van der Waals surface area contributed by atoms with Crippen LogP contribution in [0.5, 0.6) is 0 Å². The maximum atomic E-state index is 11.6. The van der Waals surface area contributed by atoms with E-state index < -0.39 is 10.8 Å². The van der Waals surface area contributed by atoms with E-state index in [1.54, 1.807) is 22.9 Å². The third kappa shape index (κ3) is 4.59. The highest BCUT2D eigenvalue weighted by molar-refractivity contribution is 7.98. The highest BCUT2D eigenvalue weighted by Crippen LogP contribution is 2.25. The number of amidine groups is 1. The van der Waals surface area contributed by atoms with Gasteiger partial charge in [-0.2, -0.15) is 0 Å². The number of benzene rings is 2. The molecule has 0 aliphatic carbocycles. The highest BCUT2D eigenvalue weighted by Gasteiger charge is 2.12. The van der Waals surface area contributed by atoms with Crippen LogP contribution in [0.2, 0.25) is 5.02 Å². The molecule has 0 radical (unpaired) electrons. The summed E-state index contributed by atoms with van der Waals surface area (Å²) in [5.41, 5.74) is 1.78. The van der Waals surface area contributed by atoms with Gasteiger partial charge in [0.15, 0.2) is 0 Å². The molecule has 0 heterocycles. The first-order chi connectivity index (χ1) is 10.9. The number of hydrogen-bond acceptors (Lipinski definition) is 3. The first-order valence-electron chi connectivity index (χ1n) is 6.99. The lowest BCUT2D eigenvalue weighted by Gasteiger charge is -2.21. The quantitative estimate of drug-likeness (QED) is 0.483. The smallest absolute Gasteiger partial charge is 0.105 e. The van der Waals surface area contributed by atoms with E-state index >= 15 is 0 Å². The van der Waals surface area contributed by atoms with Gasteiger partial charge in [0, 0.05) is 51.0 Å². The van der Waals surface area contributed by atoms with E-state index in [0.29, 0.717) is 17.3 Å². The van der Waals surface area contributed by atoms with E-state index in [9.17, 15) is 4.21 Å². The Labute approximate surface area is 149 Å². The molecular formula is C17H19ClN2OS2. The third-order valence-electron chi connectivity index (χ3n) is 3.55. The summed E-state index contributed by atoms with van der Waals surface area (Å²) < 4.78 is 11.6. The number of anilines is 1. The van der Waals surface area contributed by atoms with Gasteiger partial charge in [0.05, 0.1) is 0 Å². The normalized spacial score (nSPS) is 12.0. The zero-order valence-corrected chi connectivity index (χ0v) is 15.7. The maximum absolute atomic E-state index is 11.6. The fourth-order valence-electron chi connectivity index (χ4n) is 2.14. The van der Waals surface area contributed by atoms with Crippen molar-refractivity contribution in [2.24, 2.45) is 0 Å². The van der Waals surface area contributed by atoms with Crippen LogP contribution in [0.25, 0.3) is 0 Å². The Balaban J connectivity index is 2.20. The van der Waals surface area contributed by atoms with Crippen LogP contribution < -0.4 is 4.90 Å². The van der Waals surface area contributed by atoms with Gasteiger partial charge in [0.25, 0.3) is 0 Å². The molecule has 2 aromatic carbocycles. The predicted octanol–water partition coefficient (Wildman–Crippen LogP) is 4.46. The molecule has 0 bridgehead atoms. The second-order valence-electron chi connectivity index (χ2n) is 5.09. The lowest BCUT2D eigenvalue weighted by Crippen LogP contribution is -2.27. The van der Waals surface area contributed by atoms with Crippen molar-refractivity contribution in [3.8, 4) is 0 Å². The van der Waals surface area contributed by atoms with E-state index in [1.807, 2.05) is 55.8 Å². The van der Waals surface area contributed by atoms with E-state index in [0.717, 1.165) is 21.0 Å². The fourth-order valence-corrected chi connectivity index (χ4v) is 3.34.